The molecule has 1 heterocycles. The van der Waals surface area contributed by atoms with Gasteiger partial charge in [0.25, 0.3) is 5.91 Å². The van der Waals surface area contributed by atoms with Gasteiger partial charge >= 0.3 is 0 Å². The second kappa shape index (κ2) is 8.03. The van der Waals surface area contributed by atoms with Gasteiger partial charge in [-0.15, -0.1) is 0 Å². The summed E-state index contributed by atoms with van der Waals surface area (Å²) in [5, 5.41) is 6.17. The van der Waals surface area contributed by atoms with Crippen molar-refractivity contribution in [2.24, 2.45) is 0 Å². The number of amides is 1. The molecule has 0 unspecified atom stereocenters. The first-order valence-electron chi connectivity index (χ1n) is 8.74. The van der Waals surface area contributed by atoms with Crippen molar-refractivity contribution in [1.82, 2.24) is 9.97 Å². The normalized spacial score (nSPS) is 14.1. The van der Waals surface area contributed by atoms with Crippen LogP contribution in [0.15, 0.2) is 24.3 Å². The van der Waals surface area contributed by atoms with Gasteiger partial charge in [0.05, 0.1) is 19.9 Å². The van der Waals surface area contributed by atoms with E-state index in [2.05, 4.69) is 20.6 Å². The molecule has 1 saturated carbocycles. The van der Waals surface area contributed by atoms with Gasteiger partial charge in [-0.05, 0) is 38.0 Å². The van der Waals surface area contributed by atoms with Gasteiger partial charge in [0.15, 0.2) is 0 Å². The fourth-order valence-corrected chi connectivity index (χ4v) is 3.09. The molecular formula is C19H24N4O3. The first-order valence-corrected chi connectivity index (χ1v) is 8.74. The van der Waals surface area contributed by atoms with Crippen molar-refractivity contribution >= 4 is 17.5 Å². The average Bonchev–Trinajstić information content (AvgIpc) is 3.14. The number of ether oxygens (including phenoxy) is 2. The number of nitrogens with one attached hydrogen (secondary N) is 2. The van der Waals surface area contributed by atoms with Crippen LogP contribution in [0.4, 0.5) is 11.6 Å². The Kier molecular flexibility index (Phi) is 5.55. The Morgan fingerprint density at radius 2 is 1.88 bits per heavy atom. The summed E-state index contributed by atoms with van der Waals surface area (Å²) in [6.45, 7) is 1.85. The monoisotopic (exact) mass is 356 g/mol. The third-order valence-corrected chi connectivity index (χ3v) is 4.43. The van der Waals surface area contributed by atoms with Crippen LogP contribution in [0.1, 0.15) is 41.9 Å². The van der Waals surface area contributed by atoms with Crippen molar-refractivity contribution in [3.63, 3.8) is 0 Å². The number of hydrogen-bond donors (Lipinski definition) is 2. The highest BCUT2D eigenvalue weighted by atomic mass is 16.5. The summed E-state index contributed by atoms with van der Waals surface area (Å²) in [5.74, 6) is 1.37. The quantitative estimate of drug-likeness (QED) is 0.825. The van der Waals surface area contributed by atoms with Crippen LogP contribution in [0.3, 0.4) is 0 Å². The van der Waals surface area contributed by atoms with Crippen LogP contribution < -0.4 is 20.1 Å². The SMILES string of the molecule is COc1ccc(NC(=O)c2cc(C)nc(NC3CCCC3)n2)c(OC)c1. The molecule has 1 amide bonds. The van der Waals surface area contributed by atoms with Gasteiger partial charge in [-0.1, -0.05) is 12.8 Å². The molecule has 2 aromatic rings. The number of benzene rings is 1. The Labute approximate surface area is 153 Å². The van der Waals surface area contributed by atoms with Crippen LogP contribution in [0.2, 0.25) is 0 Å². The van der Waals surface area contributed by atoms with Gasteiger partial charge in [0.1, 0.15) is 17.2 Å². The minimum atomic E-state index is -0.312. The van der Waals surface area contributed by atoms with Crippen LogP contribution >= 0.6 is 0 Å². The summed E-state index contributed by atoms with van der Waals surface area (Å²) in [4.78, 5) is 21.4. The minimum Gasteiger partial charge on any atom is -0.497 e. The summed E-state index contributed by atoms with van der Waals surface area (Å²) in [5.41, 5.74) is 1.61. The molecule has 0 radical (unpaired) electrons. The zero-order valence-corrected chi connectivity index (χ0v) is 15.3. The summed E-state index contributed by atoms with van der Waals surface area (Å²) < 4.78 is 10.5. The molecule has 1 aliphatic rings. The van der Waals surface area contributed by atoms with Crippen LogP contribution in [-0.2, 0) is 0 Å². The molecule has 0 saturated heterocycles. The van der Waals surface area contributed by atoms with Crippen molar-refractivity contribution in [2.75, 3.05) is 24.9 Å². The number of aromatic nitrogens is 2. The Morgan fingerprint density at radius 3 is 2.58 bits per heavy atom. The van der Waals surface area contributed by atoms with Crippen molar-refractivity contribution in [2.45, 2.75) is 38.6 Å². The minimum absolute atomic E-state index is 0.312. The second-order valence-corrected chi connectivity index (χ2v) is 6.36. The van der Waals surface area contributed by atoms with E-state index in [4.69, 9.17) is 9.47 Å². The standard InChI is InChI=1S/C19H24N4O3/c1-12-10-16(23-19(20-12)21-13-6-4-5-7-13)18(24)22-15-9-8-14(25-2)11-17(15)26-3/h8-11,13H,4-7H2,1-3H3,(H,22,24)(H,20,21,23). The third-order valence-electron chi connectivity index (χ3n) is 4.43. The predicted molar refractivity (Wildman–Crippen MR) is 100 cm³/mol. The molecule has 1 aliphatic carbocycles. The number of nitrogens with zero attached hydrogens (tertiary/aromatic N) is 2. The molecule has 7 nitrogen and oxygen atoms in total. The Bertz CT molecular complexity index is 788. The number of hydrogen-bond acceptors (Lipinski definition) is 6. The van der Waals surface area contributed by atoms with E-state index >= 15 is 0 Å². The fourth-order valence-electron chi connectivity index (χ4n) is 3.09. The molecule has 0 aliphatic heterocycles. The molecule has 1 aromatic heterocycles. The van der Waals surface area contributed by atoms with Crippen LogP contribution in [-0.4, -0.2) is 36.1 Å². The van der Waals surface area contributed by atoms with Gasteiger partial charge in [-0.3, -0.25) is 4.79 Å². The van der Waals surface area contributed by atoms with Crippen molar-refractivity contribution < 1.29 is 14.3 Å². The van der Waals surface area contributed by atoms with E-state index in [0.717, 1.165) is 18.5 Å². The summed E-state index contributed by atoms with van der Waals surface area (Å²) in [7, 11) is 3.12. The van der Waals surface area contributed by atoms with E-state index in [0.29, 0.717) is 34.9 Å². The highest BCUT2D eigenvalue weighted by molar-refractivity contribution is 6.04. The average molecular weight is 356 g/mol. The first-order chi connectivity index (χ1) is 12.6. The highest BCUT2D eigenvalue weighted by Gasteiger charge is 2.18. The number of methoxy groups -OCH3 is 2. The van der Waals surface area contributed by atoms with Crippen molar-refractivity contribution in [3.05, 3.63) is 35.7 Å². The first kappa shape index (κ1) is 18.0. The maximum absolute atomic E-state index is 12.7. The summed E-state index contributed by atoms with van der Waals surface area (Å²) in [6.07, 6.45) is 4.66. The molecule has 0 atom stereocenters. The van der Waals surface area contributed by atoms with Gasteiger partial charge in [0.2, 0.25) is 5.95 Å². The number of carbonyl (C=O) groups excluding carboxylic acids is 1. The number of carbonyl (C=O) groups is 1. The van der Waals surface area contributed by atoms with E-state index in [1.165, 1.54) is 12.8 Å². The molecule has 1 fully saturated rings. The maximum atomic E-state index is 12.7. The Hall–Kier alpha value is -2.83. The lowest BCUT2D eigenvalue weighted by Gasteiger charge is -2.14. The molecule has 1 aromatic carbocycles. The van der Waals surface area contributed by atoms with Gasteiger partial charge < -0.3 is 20.1 Å². The molecule has 138 valence electrons. The van der Waals surface area contributed by atoms with Gasteiger partial charge in [-0.25, -0.2) is 9.97 Å². The lowest BCUT2D eigenvalue weighted by molar-refractivity contribution is 0.102. The van der Waals surface area contributed by atoms with Crippen molar-refractivity contribution in [3.8, 4) is 11.5 Å². The second-order valence-electron chi connectivity index (χ2n) is 6.36. The van der Waals surface area contributed by atoms with Crippen LogP contribution in [0, 0.1) is 6.92 Å². The third kappa shape index (κ3) is 4.22. The van der Waals surface area contributed by atoms with E-state index in [1.807, 2.05) is 6.92 Å². The molecule has 0 bridgehead atoms. The van der Waals surface area contributed by atoms with Crippen molar-refractivity contribution in [1.29, 1.82) is 0 Å². The highest BCUT2D eigenvalue weighted by Crippen LogP contribution is 2.29. The smallest absolute Gasteiger partial charge is 0.274 e. The number of rotatable bonds is 6. The topological polar surface area (TPSA) is 85.4 Å². The van der Waals surface area contributed by atoms with E-state index in [1.54, 1.807) is 38.5 Å². The molecule has 3 rings (SSSR count). The number of aryl methyl sites for hydroxylation is 1. The van der Waals surface area contributed by atoms with E-state index < -0.39 is 0 Å². The van der Waals surface area contributed by atoms with Crippen LogP contribution in [0.25, 0.3) is 0 Å². The Balaban J connectivity index is 1.78. The fraction of sp³-hybridized carbons (Fsp3) is 0.421. The zero-order chi connectivity index (χ0) is 18.5. The predicted octanol–water partition coefficient (Wildman–Crippen LogP) is 3.41. The van der Waals surface area contributed by atoms with Gasteiger partial charge in [-0.2, -0.15) is 0 Å². The maximum Gasteiger partial charge on any atom is 0.274 e. The molecule has 7 heteroatoms. The van der Waals surface area contributed by atoms with Crippen LogP contribution in [0.5, 0.6) is 11.5 Å². The van der Waals surface area contributed by atoms with E-state index in [9.17, 15) is 4.79 Å². The molecule has 0 spiro atoms. The van der Waals surface area contributed by atoms with E-state index in [-0.39, 0.29) is 5.91 Å². The molecular weight excluding hydrogens is 332 g/mol. The molecule has 26 heavy (non-hydrogen) atoms. The lowest BCUT2D eigenvalue weighted by atomic mass is 10.2. The largest absolute Gasteiger partial charge is 0.497 e. The Morgan fingerprint density at radius 1 is 1.12 bits per heavy atom. The molecule has 2 N–H and O–H groups in total. The van der Waals surface area contributed by atoms with Gasteiger partial charge in [0, 0.05) is 17.8 Å². The lowest BCUT2D eigenvalue weighted by Crippen LogP contribution is -2.20. The summed E-state index contributed by atoms with van der Waals surface area (Å²) >= 11 is 0. The number of anilines is 2. The zero-order valence-electron chi connectivity index (χ0n) is 15.3. The summed E-state index contributed by atoms with van der Waals surface area (Å²) in [6, 6.07) is 7.27.